The highest BCUT2D eigenvalue weighted by molar-refractivity contribution is 5.52. The highest BCUT2D eigenvalue weighted by Gasteiger charge is 2.31. The highest BCUT2D eigenvalue weighted by Crippen LogP contribution is 2.26. The second-order valence-corrected chi connectivity index (χ2v) is 5.53. The summed E-state index contributed by atoms with van der Waals surface area (Å²) in [4.78, 5) is 12.4. The molecule has 0 aromatic carbocycles. The first-order valence-corrected chi connectivity index (χ1v) is 7.23. The van der Waals surface area contributed by atoms with Gasteiger partial charge in [0.25, 0.3) is 0 Å². The monoisotopic (exact) mass is 293 g/mol. The molecule has 0 spiro atoms. The molecule has 3 rings (SSSR count). The number of anilines is 2. The average molecular weight is 293 g/mol. The number of nitrogens with zero attached hydrogens (tertiary/aromatic N) is 4. The first-order valence-electron chi connectivity index (χ1n) is 7.23. The van der Waals surface area contributed by atoms with Crippen LogP contribution in [0.4, 0.5) is 16.0 Å². The van der Waals surface area contributed by atoms with Crippen molar-refractivity contribution in [3.63, 3.8) is 0 Å². The molecule has 0 bridgehead atoms. The van der Waals surface area contributed by atoms with Crippen LogP contribution in [0.2, 0.25) is 0 Å². The molecule has 7 heteroatoms. The lowest BCUT2D eigenvalue weighted by molar-refractivity contribution is 0.194. The molecule has 3 heterocycles. The minimum atomic E-state index is -0.382. The van der Waals surface area contributed by atoms with Crippen molar-refractivity contribution in [3.05, 3.63) is 24.3 Å². The van der Waals surface area contributed by atoms with Crippen molar-refractivity contribution in [2.75, 3.05) is 36.0 Å². The van der Waals surface area contributed by atoms with Gasteiger partial charge in [0.1, 0.15) is 23.8 Å². The van der Waals surface area contributed by atoms with Crippen LogP contribution in [0.15, 0.2) is 24.3 Å². The molecule has 0 amide bonds. The van der Waals surface area contributed by atoms with Crippen molar-refractivity contribution >= 4 is 11.6 Å². The molecule has 1 aromatic rings. The molecule has 0 unspecified atom stereocenters. The van der Waals surface area contributed by atoms with Gasteiger partial charge in [-0.05, 0) is 18.9 Å². The largest absolute Gasteiger partial charge is 0.391 e. The van der Waals surface area contributed by atoms with Crippen LogP contribution >= 0.6 is 0 Å². The van der Waals surface area contributed by atoms with Crippen LogP contribution in [0.5, 0.6) is 0 Å². The van der Waals surface area contributed by atoms with Gasteiger partial charge >= 0.3 is 0 Å². The molecule has 1 saturated heterocycles. The molecule has 3 N–H and O–H groups in total. The van der Waals surface area contributed by atoms with Gasteiger partial charge in [0.2, 0.25) is 0 Å². The standard InChI is InChI=1S/C14H20FN5O/c15-10-2-1-3-19(7-10)13-5-14(18-9-17-13)20-8-12(21)4-11(20)6-16/h2,5,9,11-12,21H,1,3-4,6-8,16H2/t11-,12-/m1/s1. The summed E-state index contributed by atoms with van der Waals surface area (Å²) in [5.41, 5.74) is 5.76. The number of aliphatic hydroxyl groups excluding tert-OH is 1. The van der Waals surface area contributed by atoms with E-state index < -0.39 is 0 Å². The van der Waals surface area contributed by atoms with Gasteiger partial charge in [0, 0.05) is 31.7 Å². The Morgan fingerprint density at radius 1 is 1.38 bits per heavy atom. The van der Waals surface area contributed by atoms with E-state index in [0.29, 0.717) is 31.7 Å². The van der Waals surface area contributed by atoms with E-state index in [4.69, 9.17) is 5.73 Å². The summed E-state index contributed by atoms with van der Waals surface area (Å²) in [6, 6.07) is 1.93. The normalized spacial score (nSPS) is 26.1. The summed E-state index contributed by atoms with van der Waals surface area (Å²) >= 11 is 0. The SMILES string of the molecule is NC[C@H]1C[C@@H](O)CN1c1cc(N2CCC=C(F)C2)ncn1. The van der Waals surface area contributed by atoms with E-state index in [-0.39, 0.29) is 24.5 Å². The molecule has 0 radical (unpaired) electrons. The lowest BCUT2D eigenvalue weighted by Gasteiger charge is -2.28. The van der Waals surface area contributed by atoms with E-state index in [1.807, 2.05) is 15.9 Å². The van der Waals surface area contributed by atoms with Crippen molar-refractivity contribution in [2.24, 2.45) is 5.73 Å². The third-order valence-electron chi connectivity index (χ3n) is 4.03. The number of halogens is 1. The van der Waals surface area contributed by atoms with Gasteiger partial charge in [-0.3, -0.25) is 0 Å². The van der Waals surface area contributed by atoms with Crippen LogP contribution in [0.25, 0.3) is 0 Å². The predicted octanol–water partition coefficient (Wildman–Crippen LogP) is 0.438. The van der Waals surface area contributed by atoms with Crippen LogP contribution in [-0.2, 0) is 0 Å². The van der Waals surface area contributed by atoms with Gasteiger partial charge < -0.3 is 20.6 Å². The summed E-state index contributed by atoms with van der Waals surface area (Å²) in [6.07, 6.45) is 4.04. The Labute approximate surface area is 123 Å². The fourth-order valence-corrected chi connectivity index (χ4v) is 2.96. The average Bonchev–Trinajstić information content (AvgIpc) is 2.88. The van der Waals surface area contributed by atoms with Crippen LogP contribution in [0.1, 0.15) is 12.8 Å². The zero-order chi connectivity index (χ0) is 14.8. The number of aliphatic hydroxyl groups is 1. The van der Waals surface area contributed by atoms with Gasteiger partial charge in [-0.2, -0.15) is 0 Å². The Morgan fingerprint density at radius 2 is 2.19 bits per heavy atom. The fourth-order valence-electron chi connectivity index (χ4n) is 2.96. The van der Waals surface area contributed by atoms with E-state index in [0.717, 1.165) is 12.4 Å². The molecule has 1 fully saturated rings. The minimum Gasteiger partial charge on any atom is -0.391 e. The molecule has 2 atom stereocenters. The first kappa shape index (κ1) is 14.2. The maximum absolute atomic E-state index is 13.4. The van der Waals surface area contributed by atoms with Crippen molar-refractivity contribution in [2.45, 2.75) is 25.0 Å². The van der Waals surface area contributed by atoms with E-state index in [1.165, 1.54) is 6.33 Å². The van der Waals surface area contributed by atoms with E-state index >= 15 is 0 Å². The lowest BCUT2D eigenvalue weighted by atomic mass is 10.2. The van der Waals surface area contributed by atoms with Crippen LogP contribution < -0.4 is 15.5 Å². The molecule has 1 aromatic heterocycles. The van der Waals surface area contributed by atoms with Crippen LogP contribution in [0, 0.1) is 0 Å². The van der Waals surface area contributed by atoms with Gasteiger partial charge in [0.05, 0.1) is 12.6 Å². The lowest BCUT2D eigenvalue weighted by Crippen LogP contribution is -2.36. The summed E-state index contributed by atoms with van der Waals surface area (Å²) in [5, 5.41) is 9.81. The van der Waals surface area contributed by atoms with E-state index in [9.17, 15) is 9.50 Å². The molecule has 6 nitrogen and oxygen atoms in total. The maximum Gasteiger partial charge on any atom is 0.134 e. The topological polar surface area (TPSA) is 78.5 Å². The first-order chi connectivity index (χ1) is 10.2. The quantitative estimate of drug-likeness (QED) is 0.842. The second kappa shape index (κ2) is 5.95. The molecular formula is C14H20FN5O. The molecule has 21 heavy (non-hydrogen) atoms. The Hall–Kier alpha value is -1.73. The van der Waals surface area contributed by atoms with Gasteiger partial charge in [-0.15, -0.1) is 0 Å². The third kappa shape index (κ3) is 2.98. The number of aromatic nitrogens is 2. The van der Waals surface area contributed by atoms with Crippen molar-refractivity contribution in [3.8, 4) is 0 Å². The zero-order valence-corrected chi connectivity index (χ0v) is 11.8. The number of hydrogen-bond donors (Lipinski definition) is 2. The van der Waals surface area contributed by atoms with E-state index in [1.54, 1.807) is 6.08 Å². The van der Waals surface area contributed by atoms with Gasteiger partial charge in [-0.25, -0.2) is 14.4 Å². The fraction of sp³-hybridized carbons (Fsp3) is 0.571. The van der Waals surface area contributed by atoms with Gasteiger partial charge in [0.15, 0.2) is 0 Å². The maximum atomic E-state index is 13.4. The summed E-state index contributed by atoms with van der Waals surface area (Å²) in [7, 11) is 0. The van der Waals surface area contributed by atoms with Crippen molar-refractivity contribution in [1.29, 1.82) is 0 Å². The minimum absolute atomic E-state index is 0.0840. The van der Waals surface area contributed by atoms with Gasteiger partial charge in [-0.1, -0.05) is 0 Å². The third-order valence-corrected chi connectivity index (χ3v) is 4.03. The summed E-state index contributed by atoms with van der Waals surface area (Å²) in [6.45, 7) is 1.98. The smallest absolute Gasteiger partial charge is 0.134 e. The Morgan fingerprint density at radius 3 is 2.95 bits per heavy atom. The Kier molecular flexibility index (Phi) is 4.03. The number of nitrogens with two attached hydrogens (primary N) is 1. The predicted molar refractivity (Wildman–Crippen MR) is 78.9 cm³/mol. The Bertz CT molecular complexity index is 538. The van der Waals surface area contributed by atoms with E-state index in [2.05, 4.69) is 9.97 Å². The molecule has 0 saturated carbocycles. The zero-order valence-electron chi connectivity index (χ0n) is 11.8. The summed E-state index contributed by atoms with van der Waals surface area (Å²) < 4.78 is 13.4. The molecule has 2 aliphatic rings. The van der Waals surface area contributed by atoms with Crippen molar-refractivity contribution in [1.82, 2.24) is 9.97 Å². The second-order valence-electron chi connectivity index (χ2n) is 5.53. The molecule has 0 aliphatic carbocycles. The van der Waals surface area contributed by atoms with Crippen molar-refractivity contribution < 1.29 is 9.50 Å². The summed E-state index contributed by atoms with van der Waals surface area (Å²) in [5.74, 6) is 1.32. The molecule has 2 aliphatic heterocycles. The Balaban J connectivity index is 1.81. The molecular weight excluding hydrogens is 273 g/mol. The highest BCUT2D eigenvalue weighted by atomic mass is 19.1. The number of hydrogen-bond acceptors (Lipinski definition) is 6. The van der Waals surface area contributed by atoms with Crippen LogP contribution in [-0.4, -0.2) is 53.4 Å². The number of rotatable bonds is 3. The van der Waals surface area contributed by atoms with Crippen LogP contribution in [0.3, 0.4) is 0 Å². The number of β-amino-alcohol motifs (C(OH)–C–C–N with tert-alkyl or cyclic N) is 1. The molecule has 114 valence electrons.